The molecule has 106 valence electrons. The Bertz CT molecular complexity index is 512. The molecule has 0 heterocycles. The lowest BCUT2D eigenvalue weighted by molar-refractivity contribution is -0.138. The van der Waals surface area contributed by atoms with Crippen LogP contribution in [0.5, 0.6) is 0 Å². The summed E-state index contributed by atoms with van der Waals surface area (Å²) in [6, 6.07) is 10.5. The summed E-state index contributed by atoms with van der Waals surface area (Å²) in [5.41, 5.74) is 0.332. The number of rotatable bonds is 4. The fourth-order valence-corrected chi connectivity index (χ4v) is 3.20. The lowest BCUT2D eigenvalue weighted by Gasteiger charge is -2.26. The predicted octanol–water partition coefficient (Wildman–Crippen LogP) is 3.45. The Morgan fingerprint density at radius 2 is 1.95 bits per heavy atom. The molecule has 1 fully saturated rings. The molecule has 2 rings (SSSR count). The van der Waals surface area contributed by atoms with E-state index in [1.54, 1.807) is 23.7 Å². The highest BCUT2D eigenvalue weighted by molar-refractivity contribution is 7.98. The fraction of sp³-hybridized carbons (Fsp3) is 0.500. The van der Waals surface area contributed by atoms with Crippen molar-refractivity contribution < 1.29 is 4.79 Å². The van der Waals surface area contributed by atoms with E-state index in [9.17, 15) is 10.1 Å². The number of thioether (sulfide) groups is 1. The zero-order chi connectivity index (χ0) is 14.6. The van der Waals surface area contributed by atoms with E-state index in [4.69, 9.17) is 0 Å². The van der Waals surface area contributed by atoms with Crippen molar-refractivity contribution in [3.8, 4) is 6.07 Å². The molecule has 1 aliphatic rings. The van der Waals surface area contributed by atoms with Crippen molar-refractivity contribution >= 4 is 17.7 Å². The first-order valence-corrected chi connectivity index (χ1v) is 8.13. The van der Waals surface area contributed by atoms with E-state index in [0.29, 0.717) is 19.4 Å². The zero-order valence-electron chi connectivity index (χ0n) is 12.1. The van der Waals surface area contributed by atoms with Crippen LogP contribution in [0.4, 0.5) is 0 Å². The number of amides is 1. The zero-order valence-corrected chi connectivity index (χ0v) is 12.9. The number of hydrogen-bond donors (Lipinski definition) is 0. The second-order valence-corrected chi connectivity index (χ2v) is 6.29. The van der Waals surface area contributed by atoms with E-state index < -0.39 is 5.41 Å². The summed E-state index contributed by atoms with van der Waals surface area (Å²) in [6.45, 7) is 0.566. The monoisotopic (exact) mass is 288 g/mol. The van der Waals surface area contributed by atoms with Gasteiger partial charge in [-0.3, -0.25) is 4.79 Å². The maximum Gasteiger partial charge on any atom is 0.243 e. The van der Waals surface area contributed by atoms with Gasteiger partial charge in [0.25, 0.3) is 0 Å². The van der Waals surface area contributed by atoms with Gasteiger partial charge < -0.3 is 4.90 Å². The summed E-state index contributed by atoms with van der Waals surface area (Å²) >= 11 is 1.70. The Morgan fingerprint density at radius 1 is 1.35 bits per heavy atom. The van der Waals surface area contributed by atoms with Crippen molar-refractivity contribution in [3.63, 3.8) is 0 Å². The lowest BCUT2D eigenvalue weighted by atomic mass is 9.86. The van der Waals surface area contributed by atoms with Crippen LogP contribution in [0.3, 0.4) is 0 Å². The summed E-state index contributed by atoms with van der Waals surface area (Å²) < 4.78 is 0. The van der Waals surface area contributed by atoms with Crippen LogP contribution in [0, 0.1) is 16.7 Å². The van der Waals surface area contributed by atoms with Gasteiger partial charge >= 0.3 is 0 Å². The van der Waals surface area contributed by atoms with Gasteiger partial charge in [0.15, 0.2) is 0 Å². The van der Waals surface area contributed by atoms with Crippen LogP contribution in [0.1, 0.15) is 31.2 Å². The number of nitrogens with zero attached hydrogens (tertiary/aromatic N) is 2. The van der Waals surface area contributed by atoms with Crippen molar-refractivity contribution in [1.82, 2.24) is 4.90 Å². The van der Waals surface area contributed by atoms with Crippen LogP contribution in [-0.4, -0.2) is 24.1 Å². The average Bonchev–Trinajstić information content (AvgIpc) is 2.97. The van der Waals surface area contributed by atoms with Crippen LogP contribution in [0.25, 0.3) is 0 Å². The maximum atomic E-state index is 12.5. The number of carbonyl (C=O) groups excluding carboxylic acids is 1. The molecule has 0 N–H and O–H groups in total. The standard InChI is InChI=1S/C16H20N2OS/c1-18(11-13-5-7-14(20-2)8-6-13)15(19)16(12-17)9-3-4-10-16/h5-8H,3-4,9-11H2,1-2H3. The van der Waals surface area contributed by atoms with Crippen molar-refractivity contribution in [2.24, 2.45) is 5.41 Å². The highest BCUT2D eigenvalue weighted by atomic mass is 32.2. The maximum absolute atomic E-state index is 12.5. The summed E-state index contributed by atoms with van der Waals surface area (Å²) in [7, 11) is 1.79. The molecular weight excluding hydrogens is 268 g/mol. The number of carbonyl (C=O) groups is 1. The molecule has 3 nitrogen and oxygen atoms in total. The minimum Gasteiger partial charge on any atom is -0.340 e. The first-order chi connectivity index (χ1) is 9.61. The molecule has 0 aromatic heterocycles. The number of nitriles is 1. The summed E-state index contributed by atoms with van der Waals surface area (Å²) in [4.78, 5) is 15.4. The smallest absolute Gasteiger partial charge is 0.243 e. The number of benzene rings is 1. The highest BCUT2D eigenvalue weighted by Crippen LogP contribution is 2.39. The van der Waals surface area contributed by atoms with Gasteiger partial charge in [0.2, 0.25) is 5.91 Å². The molecule has 1 aromatic carbocycles. The molecular formula is C16H20N2OS. The van der Waals surface area contributed by atoms with Gasteiger partial charge in [-0.25, -0.2) is 0 Å². The van der Waals surface area contributed by atoms with Crippen LogP contribution >= 0.6 is 11.8 Å². The van der Waals surface area contributed by atoms with E-state index in [0.717, 1.165) is 18.4 Å². The third-order valence-electron chi connectivity index (χ3n) is 4.01. The third-order valence-corrected chi connectivity index (χ3v) is 4.75. The summed E-state index contributed by atoms with van der Waals surface area (Å²) in [5, 5.41) is 9.37. The van der Waals surface area contributed by atoms with E-state index in [1.165, 1.54) is 4.90 Å². The third kappa shape index (κ3) is 2.99. The van der Waals surface area contributed by atoms with Gasteiger partial charge in [0.1, 0.15) is 5.41 Å². The van der Waals surface area contributed by atoms with Gasteiger partial charge in [0, 0.05) is 18.5 Å². The van der Waals surface area contributed by atoms with Crippen LogP contribution in [-0.2, 0) is 11.3 Å². The Hall–Kier alpha value is -1.47. The van der Waals surface area contributed by atoms with E-state index in [-0.39, 0.29) is 5.91 Å². The molecule has 0 bridgehead atoms. The highest BCUT2D eigenvalue weighted by Gasteiger charge is 2.43. The molecule has 1 aromatic rings. The minimum absolute atomic E-state index is 0.0218. The topological polar surface area (TPSA) is 44.1 Å². The first kappa shape index (κ1) is 14.9. The number of hydrogen-bond acceptors (Lipinski definition) is 3. The first-order valence-electron chi connectivity index (χ1n) is 6.91. The average molecular weight is 288 g/mol. The molecule has 0 radical (unpaired) electrons. The van der Waals surface area contributed by atoms with Crippen LogP contribution in [0.2, 0.25) is 0 Å². The molecule has 0 unspecified atom stereocenters. The molecule has 0 atom stereocenters. The van der Waals surface area contributed by atoms with Crippen molar-refractivity contribution in [2.75, 3.05) is 13.3 Å². The van der Waals surface area contributed by atoms with E-state index in [2.05, 4.69) is 18.2 Å². The Kier molecular flexibility index (Phi) is 4.72. The summed E-state index contributed by atoms with van der Waals surface area (Å²) in [5.74, 6) is -0.0218. The Balaban J connectivity index is 2.05. The fourth-order valence-electron chi connectivity index (χ4n) is 2.79. The second-order valence-electron chi connectivity index (χ2n) is 5.41. The van der Waals surface area contributed by atoms with Gasteiger partial charge in [-0.1, -0.05) is 25.0 Å². The second kappa shape index (κ2) is 6.32. The summed E-state index contributed by atoms with van der Waals surface area (Å²) in [6.07, 6.45) is 5.42. The van der Waals surface area contributed by atoms with Gasteiger partial charge in [-0.05, 0) is 36.8 Å². The minimum atomic E-state index is -0.770. The molecule has 1 saturated carbocycles. The largest absolute Gasteiger partial charge is 0.340 e. The van der Waals surface area contributed by atoms with Gasteiger partial charge in [0.05, 0.1) is 6.07 Å². The van der Waals surface area contributed by atoms with Crippen molar-refractivity contribution in [3.05, 3.63) is 29.8 Å². The van der Waals surface area contributed by atoms with E-state index >= 15 is 0 Å². The molecule has 20 heavy (non-hydrogen) atoms. The Labute approximate surface area is 125 Å². The SMILES string of the molecule is CSc1ccc(CN(C)C(=O)C2(C#N)CCCC2)cc1. The molecule has 4 heteroatoms. The van der Waals surface area contributed by atoms with Gasteiger partial charge in [-0.2, -0.15) is 5.26 Å². The van der Waals surface area contributed by atoms with Crippen LogP contribution in [0.15, 0.2) is 29.2 Å². The predicted molar refractivity (Wildman–Crippen MR) is 81.2 cm³/mol. The lowest BCUT2D eigenvalue weighted by Crippen LogP contribution is -2.39. The Morgan fingerprint density at radius 3 is 2.45 bits per heavy atom. The van der Waals surface area contributed by atoms with Crippen molar-refractivity contribution in [2.45, 2.75) is 37.1 Å². The van der Waals surface area contributed by atoms with E-state index in [1.807, 2.05) is 18.4 Å². The van der Waals surface area contributed by atoms with Crippen molar-refractivity contribution in [1.29, 1.82) is 5.26 Å². The van der Waals surface area contributed by atoms with Gasteiger partial charge in [-0.15, -0.1) is 11.8 Å². The molecule has 0 spiro atoms. The quantitative estimate of drug-likeness (QED) is 0.797. The molecule has 0 saturated heterocycles. The normalized spacial score (nSPS) is 16.6. The van der Waals surface area contributed by atoms with Crippen LogP contribution < -0.4 is 0 Å². The molecule has 1 amide bonds. The molecule has 1 aliphatic carbocycles. The molecule has 0 aliphatic heterocycles.